The fraction of sp³-hybridized carbons (Fsp3) is 0.241. The molecule has 0 bridgehead atoms. The van der Waals surface area contributed by atoms with Gasteiger partial charge in [-0.05, 0) is 41.3 Å². The lowest BCUT2D eigenvalue weighted by molar-refractivity contribution is -0.121. The quantitative estimate of drug-likeness (QED) is 0.370. The number of carbonyl (C=O) groups excluding carboxylic acids is 2. The van der Waals surface area contributed by atoms with Crippen LogP contribution in [0.3, 0.4) is 0 Å². The molecular weight excluding hydrogens is 452 g/mol. The highest BCUT2D eigenvalue weighted by molar-refractivity contribution is 5.91. The number of hydrogen-bond donors (Lipinski definition) is 2. The largest absolute Gasteiger partial charge is 0.352 e. The molecule has 7 nitrogen and oxygen atoms in total. The zero-order valence-electron chi connectivity index (χ0n) is 20.5. The lowest BCUT2D eigenvalue weighted by atomic mass is 10.0. The van der Waals surface area contributed by atoms with Crippen LogP contribution in [0, 0.1) is 0 Å². The van der Waals surface area contributed by atoms with Crippen molar-refractivity contribution in [2.45, 2.75) is 45.7 Å². The second-order valence-electron chi connectivity index (χ2n) is 9.03. The predicted molar refractivity (Wildman–Crippen MR) is 142 cm³/mol. The van der Waals surface area contributed by atoms with Crippen molar-refractivity contribution in [1.82, 2.24) is 14.9 Å². The standard InChI is InChI=1S/C29H30N4O3/c1-20(2)22-12-14-23(15-13-22)31-28(35)19-33-26-11-7-6-10-24(26)32-25(29(33)36)16-17-27(34)30-18-21-8-4-3-5-9-21/h3-15,20H,16-19H2,1-2H3,(H,30,34)(H,31,35). The molecule has 2 N–H and O–H groups in total. The van der Waals surface area contributed by atoms with E-state index < -0.39 is 0 Å². The molecular formula is C29H30N4O3. The second kappa shape index (κ2) is 11.4. The van der Waals surface area contributed by atoms with Crippen LogP contribution in [0.5, 0.6) is 0 Å². The van der Waals surface area contributed by atoms with Gasteiger partial charge >= 0.3 is 0 Å². The fourth-order valence-corrected chi connectivity index (χ4v) is 3.98. The lowest BCUT2D eigenvalue weighted by Gasteiger charge is -2.13. The van der Waals surface area contributed by atoms with Crippen LogP contribution in [0.2, 0.25) is 0 Å². The van der Waals surface area contributed by atoms with Crippen LogP contribution < -0.4 is 16.2 Å². The number of aromatic nitrogens is 2. The van der Waals surface area contributed by atoms with Gasteiger partial charge in [0, 0.05) is 25.1 Å². The Kier molecular flexibility index (Phi) is 7.90. The number of nitrogens with zero attached hydrogens (tertiary/aromatic N) is 2. The van der Waals surface area contributed by atoms with Gasteiger partial charge in [0.2, 0.25) is 11.8 Å². The number of fused-ring (bicyclic) bond motifs is 1. The summed E-state index contributed by atoms with van der Waals surface area (Å²) < 4.78 is 1.43. The molecule has 2 amide bonds. The van der Waals surface area contributed by atoms with Gasteiger partial charge in [0.05, 0.1) is 11.0 Å². The van der Waals surface area contributed by atoms with Gasteiger partial charge in [-0.2, -0.15) is 0 Å². The number of aryl methyl sites for hydroxylation is 1. The van der Waals surface area contributed by atoms with Crippen molar-refractivity contribution in [1.29, 1.82) is 0 Å². The average Bonchev–Trinajstić information content (AvgIpc) is 2.89. The van der Waals surface area contributed by atoms with Crippen LogP contribution in [0.15, 0.2) is 83.7 Å². The molecule has 0 saturated heterocycles. The Morgan fingerprint density at radius 2 is 1.58 bits per heavy atom. The van der Waals surface area contributed by atoms with E-state index >= 15 is 0 Å². The minimum Gasteiger partial charge on any atom is -0.352 e. The van der Waals surface area contributed by atoms with Gasteiger partial charge in [-0.25, -0.2) is 4.98 Å². The molecule has 4 rings (SSSR count). The smallest absolute Gasteiger partial charge is 0.273 e. The van der Waals surface area contributed by atoms with E-state index in [9.17, 15) is 14.4 Å². The van der Waals surface area contributed by atoms with Crippen LogP contribution in [-0.4, -0.2) is 21.4 Å². The minimum absolute atomic E-state index is 0.127. The maximum Gasteiger partial charge on any atom is 0.273 e. The average molecular weight is 483 g/mol. The van der Waals surface area contributed by atoms with Crippen LogP contribution in [0.25, 0.3) is 11.0 Å². The number of hydrogen-bond acceptors (Lipinski definition) is 4. The first-order chi connectivity index (χ1) is 17.4. The van der Waals surface area contributed by atoms with Gasteiger partial charge in [0.25, 0.3) is 5.56 Å². The topological polar surface area (TPSA) is 93.1 Å². The van der Waals surface area contributed by atoms with E-state index in [1.165, 1.54) is 10.1 Å². The summed E-state index contributed by atoms with van der Waals surface area (Å²) in [7, 11) is 0. The normalized spacial score (nSPS) is 11.0. The van der Waals surface area contributed by atoms with Gasteiger partial charge < -0.3 is 10.6 Å². The van der Waals surface area contributed by atoms with Crippen molar-refractivity contribution in [2.24, 2.45) is 0 Å². The maximum atomic E-state index is 13.3. The molecule has 0 aliphatic carbocycles. The van der Waals surface area contributed by atoms with E-state index in [2.05, 4.69) is 29.5 Å². The van der Waals surface area contributed by atoms with Gasteiger partial charge in [0.15, 0.2) is 0 Å². The first kappa shape index (κ1) is 24.9. The van der Waals surface area contributed by atoms with E-state index in [0.29, 0.717) is 29.2 Å². The fourth-order valence-electron chi connectivity index (χ4n) is 3.98. The Hall–Kier alpha value is -4.26. The monoisotopic (exact) mass is 482 g/mol. The van der Waals surface area contributed by atoms with Crippen molar-refractivity contribution >= 4 is 28.5 Å². The number of benzene rings is 3. The molecule has 3 aromatic carbocycles. The maximum absolute atomic E-state index is 13.3. The number of rotatable bonds is 9. The molecule has 0 unspecified atom stereocenters. The third-order valence-corrected chi connectivity index (χ3v) is 6.00. The van der Waals surface area contributed by atoms with Gasteiger partial charge in [-0.15, -0.1) is 0 Å². The van der Waals surface area contributed by atoms with Crippen LogP contribution >= 0.6 is 0 Å². The van der Waals surface area contributed by atoms with Crippen molar-refractivity contribution in [3.05, 3.63) is 106 Å². The third kappa shape index (κ3) is 6.24. The summed E-state index contributed by atoms with van der Waals surface area (Å²) in [5.74, 6) is -0.0741. The Bertz CT molecular complexity index is 1410. The summed E-state index contributed by atoms with van der Waals surface area (Å²) in [4.78, 5) is 43.0. The third-order valence-electron chi connectivity index (χ3n) is 6.00. The Morgan fingerprint density at radius 3 is 2.31 bits per heavy atom. The molecule has 7 heteroatoms. The molecule has 184 valence electrons. The molecule has 1 heterocycles. The van der Waals surface area contributed by atoms with E-state index in [0.717, 1.165) is 5.56 Å². The first-order valence-electron chi connectivity index (χ1n) is 12.1. The molecule has 36 heavy (non-hydrogen) atoms. The van der Waals surface area contributed by atoms with Crippen LogP contribution in [-0.2, 0) is 29.1 Å². The van der Waals surface area contributed by atoms with Crippen LogP contribution in [0.1, 0.15) is 43.0 Å². The highest BCUT2D eigenvalue weighted by atomic mass is 16.2. The molecule has 0 radical (unpaired) electrons. The van der Waals surface area contributed by atoms with E-state index in [1.807, 2.05) is 60.7 Å². The summed E-state index contributed by atoms with van der Waals surface area (Å²) >= 11 is 0. The minimum atomic E-state index is -0.366. The highest BCUT2D eigenvalue weighted by Crippen LogP contribution is 2.17. The number of para-hydroxylation sites is 2. The molecule has 0 aliphatic heterocycles. The molecule has 4 aromatic rings. The zero-order chi connectivity index (χ0) is 25.5. The van der Waals surface area contributed by atoms with E-state index in [-0.39, 0.29) is 42.5 Å². The van der Waals surface area contributed by atoms with Gasteiger partial charge in [0.1, 0.15) is 12.2 Å². The number of carbonyl (C=O) groups is 2. The zero-order valence-corrected chi connectivity index (χ0v) is 20.5. The van der Waals surface area contributed by atoms with Crippen molar-refractivity contribution in [3.8, 4) is 0 Å². The van der Waals surface area contributed by atoms with Crippen LogP contribution in [0.4, 0.5) is 5.69 Å². The molecule has 0 saturated carbocycles. The summed E-state index contributed by atoms with van der Waals surface area (Å²) in [6.45, 7) is 4.49. The summed E-state index contributed by atoms with van der Waals surface area (Å²) in [5.41, 5.74) is 3.93. The van der Waals surface area contributed by atoms with E-state index in [4.69, 9.17) is 0 Å². The Balaban J connectivity index is 1.47. The van der Waals surface area contributed by atoms with Crippen molar-refractivity contribution in [2.75, 3.05) is 5.32 Å². The molecule has 0 spiro atoms. The van der Waals surface area contributed by atoms with Crippen molar-refractivity contribution in [3.63, 3.8) is 0 Å². The van der Waals surface area contributed by atoms with Gasteiger partial charge in [-0.3, -0.25) is 19.0 Å². The Labute approximate surface area is 210 Å². The Morgan fingerprint density at radius 1 is 0.889 bits per heavy atom. The summed E-state index contributed by atoms with van der Waals surface area (Å²) in [5, 5.41) is 5.74. The lowest BCUT2D eigenvalue weighted by Crippen LogP contribution is -2.32. The molecule has 1 aromatic heterocycles. The highest BCUT2D eigenvalue weighted by Gasteiger charge is 2.15. The second-order valence-corrected chi connectivity index (χ2v) is 9.03. The SMILES string of the molecule is CC(C)c1ccc(NC(=O)Cn2c(=O)c(CCC(=O)NCc3ccccc3)nc3ccccc32)cc1. The molecule has 0 aliphatic rings. The predicted octanol–water partition coefficient (Wildman–Crippen LogP) is 4.41. The number of nitrogens with one attached hydrogen (secondary N) is 2. The summed E-state index contributed by atoms with van der Waals surface area (Å²) in [6.07, 6.45) is 0.310. The number of anilines is 1. The molecule has 0 atom stereocenters. The van der Waals surface area contributed by atoms with Gasteiger partial charge in [-0.1, -0.05) is 68.4 Å². The molecule has 0 fully saturated rings. The van der Waals surface area contributed by atoms with Crippen molar-refractivity contribution < 1.29 is 9.59 Å². The number of amides is 2. The summed E-state index contributed by atoms with van der Waals surface area (Å²) in [6, 6.07) is 24.5. The first-order valence-corrected chi connectivity index (χ1v) is 12.1. The van der Waals surface area contributed by atoms with E-state index in [1.54, 1.807) is 18.2 Å².